The molecule has 0 saturated carbocycles. The fourth-order valence-electron chi connectivity index (χ4n) is 2.87. The monoisotopic (exact) mass is 408 g/mol. The zero-order valence-corrected chi connectivity index (χ0v) is 17.2. The van der Waals surface area contributed by atoms with Crippen LogP contribution in [0.4, 0.5) is 0 Å². The smallest absolute Gasteiger partial charge is 0.349 e. The van der Waals surface area contributed by atoms with E-state index in [-0.39, 0.29) is 5.57 Å². The topological polar surface area (TPSA) is 113 Å². The average Bonchev–Trinajstić information content (AvgIpc) is 3.02. The van der Waals surface area contributed by atoms with Crippen molar-refractivity contribution in [3.05, 3.63) is 64.5 Å². The first-order valence-corrected chi connectivity index (χ1v) is 9.47. The van der Waals surface area contributed by atoms with E-state index in [1.54, 1.807) is 30.3 Å². The molecule has 1 aromatic carbocycles. The van der Waals surface area contributed by atoms with Gasteiger partial charge in [-0.1, -0.05) is 25.1 Å². The number of benzene rings is 1. The van der Waals surface area contributed by atoms with E-state index in [2.05, 4.69) is 22.3 Å². The standard InChI is InChI=1S/C22H24N4O4/c1-4-10-26-15(2)11-18(16(26)3)12-19(13-23)22(29)30-14-20(27)24-25-21(28)17-8-6-5-7-9-17/h5-9,11-12H,4,10,14H2,1-3H3,(H,24,27)(H,25,28)/b19-12+. The molecule has 2 amide bonds. The molecule has 0 spiro atoms. The number of hydrazine groups is 1. The largest absolute Gasteiger partial charge is 0.451 e. The van der Waals surface area contributed by atoms with Crippen molar-refractivity contribution < 1.29 is 19.1 Å². The van der Waals surface area contributed by atoms with Gasteiger partial charge in [0.2, 0.25) is 0 Å². The van der Waals surface area contributed by atoms with Gasteiger partial charge in [0.25, 0.3) is 11.8 Å². The van der Waals surface area contributed by atoms with E-state index in [0.29, 0.717) is 5.56 Å². The fraction of sp³-hybridized carbons (Fsp3) is 0.273. The third-order valence-electron chi connectivity index (χ3n) is 4.39. The minimum absolute atomic E-state index is 0.215. The highest BCUT2D eigenvalue weighted by molar-refractivity contribution is 5.99. The van der Waals surface area contributed by atoms with Crippen LogP contribution in [0.25, 0.3) is 6.08 Å². The van der Waals surface area contributed by atoms with E-state index < -0.39 is 24.4 Å². The Morgan fingerprint density at radius 2 is 1.87 bits per heavy atom. The van der Waals surface area contributed by atoms with Gasteiger partial charge in [0.05, 0.1) is 0 Å². The van der Waals surface area contributed by atoms with E-state index in [1.807, 2.05) is 26.0 Å². The quantitative estimate of drug-likeness (QED) is 0.316. The molecule has 1 aromatic heterocycles. The Kier molecular flexibility index (Phi) is 7.94. The first kappa shape index (κ1) is 22.4. The van der Waals surface area contributed by atoms with Crippen LogP contribution in [-0.4, -0.2) is 29.0 Å². The Hall–Kier alpha value is -3.86. The molecule has 0 atom stereocenters. The number of amides is 2. The van der Waals surface area contributed by atoms with E-state index in [9.17, 15) is 19.6 Å². The van der Waals surface area contributed by atoms with E-state index >= 15 is 0 Å². The fourth-order valence-corrected chi connectivity index (χ4v) is 2.87. The first-order valence-electron chi connectivity index (χ1n) is 9.47. The van der Waals surface area contributed by atoms with Gasteiger partial charge in [-0.2, -0.15) is 5.26 Å². The van der Waals surface area contributed by atoms with E-state index in [4.69, 9.17) is 4.74 Å². The highest BCUT2D eigenvalue weighted by Crippen LogP contribution is 2.19. The summed E-state index contributed by atoms with van der Waals surface area (Å²) < 4.78 is 7.00. The summed E-state index contributed by atoms with van der Waals surface area (Å²) in [5, 5.41) is 9.31. The summed E-state index contributed by atoms with van der Waals surface area (Å²) in [4.78, 5) is 35.9. The van der Waals surface area contributed by atoms with Crippen LogP contribution in [0.1, 0.15) is 40.7 Å². The second kappa shape index (κ2) is 10.6. The average molecular weight is 408 g/mol. The van der Waals surface area contributed by atoms with Gasteiger partial charge in [-0.15, -0.1) is 0 Å². The van der Waals surface area contributed by atoms with Crippen LogP contribution < -0.4 is 10.9 Å². The van der Waals surface area contributed by atoms with Crippen LogP contribution in [0.15, 0.2) is 42.0 Å². The zero-order valence-electron chi connectivity index (χ0n) is 17.2. The molecule has 0 saturated heterocycles. The molecule has 2 rings (SSSR count). The van der Waals surface area contributed by atoms with Crippen LogP contribution >= 0.6 is 0 Å². The number of carbonyl (C=O) groups is 3. The van der Waals surface area contributed by atoms with Crippen molar-refractivity contribution in [3.8, 4) is 6.07 Å². The highest BCUT2D eigenvalue weighted by atomic mass is 16.5. The number of hydrogen-bond donors (Lipinski definition) is 2. The number of aryl methyl sites for hydroxylation is 1. The van der Waals surface area contributed by atoms with Crippen molar-refractivity contribution in [2.45, 2.75) is 33.7 Å². The number of aromatic nitrogens is 1. The van der Waals surface area contributed by atoms with E-state index in [1.165, 1.54) is 6.08 Å². The van der Waals surface area contributed by atoms with Crippen LogP contribution in [-0.2, 0) is 20.9 Å². The Morgan fingerprint density at radius 1 is 1.17 bits per heavy atom. The lowest BCUT2D eigenvalue weighted by Crippen LogP contribution is -2.43. The van der Waals surface area contributed by atoms with Crippen molar-refractivity contribution in [2.75, 3.05) is 6.61 Å². The van der Waals surface area contributed by atoms with Crippen molar-refractivity contribution in [3.63, 3.8) is 0 Å². The molecule has 0 fully saturated rings. The first-order chi connectivity index (χ1) is 14.4. The molecule has 2 N–H and O–H groups in total. The minimum Gasteiger partial charge on any atom is -0.451 e. The van der Waals surface area contributed by atoms with Gasteiger partial charge in [-0.05, 0) is 50.1 Å². The number of esters is 1. The van der Waals surface area contributed by atoms with Gasteiger partial charge in [0.15, 0.2) is 6.61 Å². The highest BCUT2D eigenvalue weighted by Gasteiger charge is 2.16. The number of carbonyl (C=O) groups excluding carboxylic acids is 3. The normalized spacial score (nSPS) is 10.8. The molecule has 0 radical (unpaired) electrons. The molecule has 2 aromatic rings. The number of nitrogens with one attached hydrogen (secondary N) is 2. The van der Waals surface area contributed by atoms with Crippen LogP contribution in [0.2, 0.25) is 0 Å². The Labute approximate surface area is 175 Å². The summed E-state index contributed by atoms with van der Waals surface area (Å²) in [5.41, 5.74) is 7.24. The van der Waals surface area contributed by atoms with E-state index in [0.717, 1.165) is 29.9 Å². The van der Waals surface area contributed by atoms with Gasteiger partial charge in [0.1, 0.15) is 11.6 Å². The lowest BCUT2D eigenvalue weighted by molar-refractivity contribution is -0.144. The molecule has 0 aliphatic carbocycles. The van der Waals surface area contributed by atoms with Gasteiger partial charge >= 0.3 is 5.97 Å². The third kappa shape index (κ3) is 5.82. The summed E-state index contributed by atoms with van der Waals surface area (Å²) in [6, 6.07) is 12.0. The predicted octanol–water partition coefficient (Wildman–Crippen LogP) is 2.43. The second-order valence-corrected chi connectivity index (χ2v) is 6.59. The molecule has 0 bridgehead atoms. The van der Waals surface area contributed by atoms with Gasteiger partial charge in [-0.3, -0.25) is 20.4 Å². The predicted molar refractivity (Wildman–Crippen MR) is 111 cm³/mol. The Bertz CT molecular complexity index is 1000. The number of rotatable bonds is 7. The molecule has 8 nitrogen and oxygen atoms in total. The summed E-state index contributed by atoms with van der Waals surface area (Å²) >= 11 is 0. The molecular formula is C22H24N4O4. The molecule has 0 aliphatic rings. The summed E-state index contributed by atoms with van der Waals surface area (Å²) in [7, 11) is 0. The summed E-state index contributed by atoms with van der Waals surface area (Å²) in [6.45, 7) is 6.14. The lowest BCUT2D eigenvalue weighted by atomic mass is 10.1. The number of hydrogen-bond acceptors (Lipinski definition) is 5. The van der Waals surface area contributed by atoms with Gasteiger partial charge < -0.3 is 9.30 Å². The maximum Gasteiger partial charge on any atom is 0.349 e. The van der Waals surface area contributed by atoms with Gasteiger partial charge in [-0.25, -0.2) is 4.79 Å². The lowest BCUT2D eigenvalue weighted by Gasteiger charge is -2.08. The van der Waals surface area contributed by atoms with Crippen molar-refractivity contribution >= 4 is 23.9 Å². The third-order valence-corrected chi connectivity index (χ3v) is 4.39. The van der Waals surface area contributed by atoms with Crippen molar-refractivity contribution in [1.82, 2.24) is 15.4 Å². The zero-order chi connectivity index (χ0) is 22.1. The Morgan fingerprint density at radius 3 is 2.50 bits per heavy atom. The molecule has 1 heterocycles. The van der Waals surface area contributed by atoms with Crippen LogP contribution in [0.5, 0.6) is 0 Å². The SMILES string of the molecule is CCCn1c(C)cc(/C=C(\C#N)C(=O)OCC(=O)NNC(=O)c2ccccc2)c1C. The maximum absolute atomic E-state index is 12.2. The van der Waals surface area contributed by atoms with Crippen LogP contribution in [0, 0.1) is 25.2 Å². The molecule has 30 heavy (non-hydrogen) atoms. The van der Waals surface area contributed by atoms with Crippen LogP contribution in [0.3, 0.4) is 0 Å². The van der Waals surface area contributed by atoms with Gasteiger partial charge in [0, 0.05) is 23.5 Å². The molecule has 156 valence electrons. The number of ether oxygens (including phenoxy) is 1. The number of nitriles is 1. The molecule has 0 unspecified atom stereocenters. The van der Waals surface area contributed by atoms with Crippen molar-refractivity contribution in [2.24, 2.45) is 0 Å². The molecular weight excluding hydrogens is 384 g/mol. The summed E-state index contributed by atoms with van der Waals surface area (Å²) in [6.07, 6.45) is 2.41. The number of nitrogens with zero attached hydrogens (tertiary/aromatic N) is 2. The second-order valence-electron chi connectivity index (χ2n) is 6.59. The maximum atomic E-state index is 12.2. The Balaban J connectivity index is 1.93. The molecule has 0 aliphatic heterocycles. The minimum atomic E-state index is -0.915. The molecule has 8 heteroatoms. The van der Waals surface area contributed by atoms with Crippen molar-refractivity contribution in [1.29, 1.82) is 5.26 Å². The summed E-state index contributed by atoms with van der Waals surface area (Å²) in [5.74, 6) is -2.15.